The molecule has 0 saturated heterocycles. The average molecular weight is 239 g/mol. The molecule has 0 bridgehead atoms. The van der Waals surface area contributed by atoms with Crippen LogP contribution in [0.2, 0.25) is 0 Å². The standard InChI is InChI=1S/C15H13NO2/c1-9-5-4-8-12-13(9)14(15(16)17)10-6-2-3-7-11(10)18-12/h2-8,14H,1H3,(H2,16,17). The number of fused-ring (bicyclic) bond motifs is 2. The van der Waals surface area contributed by atoms with Crippen molar-refractivity contribution in [3.63, 3.8) is 0 Å². The summed E-state index contributed by atoms with van der Waals surface area (Å²) in [4.78, 5) is 11.8. The van der Waals surface area contributed by atoms with Crippen LogP contribution in [0.15, 0.2) is 42.5 Å². The zero-order chi connectivity index (χ0) is 12.7. The van der Waals surface area contributed by atoms with Gasteiger partial charge < -0.3 is 10.5 Å². The van der Waals surface area contributed by atoms with Gasteiger partial charge in [0.2, 0.25) is 5.91 Å². The fourth-order valence-electron chi connectivity index (χ4n) is 2.49. The molecule has 3 rings (SSSR count). The third-order valence-corrected chi connectivity index (χ3v) is 3.31. The number of carbonyl (C=O) groups is 1. The molecule has 2 N–H and O–H groups in total. The predicted molar refractivity (Wildman–Crippen MR) is 68.7 cm³/mol. The number of carbonyl (C=O) groups excluding carboxylic acids is 1. The molecule has 2 aromatic carbocycles. The summed E-state index contributed by atoms with van der Waals surface area (Å²) in [6, 6.07) is 13.3. The molecule has 1 atom stereocenters. The number of rotatable bonds is 1. The highest BCUT2D eigenvalue weighted by atomic mass is 16.5. The fraction of sp³-hybridized carbons (Fsp3) is 0.133. The zero-order valence-corrected chi connectivity index (χ0v) is 10.0. The summed E-state index contributed by atoms with van der Waals surface area (Å²) < 4.78 is 5.83. The van der Waals surface area contributed by atoms with Gasteiger partial charge in [0.15, 0.2) is 0 Å². The van der Waals surface area contributed by atoms with Gasteiger partial charge in [0, 0.05) is 11.1 Å². The molecule has 1 unspecified atom stereocenters. The molecule has 3 nitrogen and oxygen atoms in total. The molecular weight excluding hydrogens is 226 g/mol. The molecule has 1 aliphatic heterocycles. The molecule has 90 valence electrons. The van der Waals surface area contributed by atoms with Gasteiger partial charge in [-0.2, -0.15) is 0 Å². The van der Waals surface area contributed by atoms with Gasteiger partial charge in [0.1, 0.15) is 11.5 Å². The average Bonchev–Trinajstić information content (AvgIpc) is 2.36. The quantitative estimate of drug-likeness (QED) is 0.831. The lowest BCUT2D eigenvalue weighted by molar-refractivity contribution is -0.118. The highest BCUT2D eigenvalue weighted by Crippen LogP contribution is 2.44. The maximum absolute atomic E-state index is 11.8. The van der Waals surface area contributed by atoms with Crippen LogP contribution in [0.5, 0.6) is 11.5 Å². The van der Waals surface area contributed by atoms with E-state index in [1.807, 2.05) is 49.4 Å². The van der Waals surface area contributed by atoms with E-state index in [4.69, 9.17) is 10.5 Å². The number of hydrogen-bond donors (Lipinski definition) is 1. The number of hydrogen-bond acceptors (Lipinski definition) is 2. The number of para-hydroxylation sites is 1. The molecule has 0 fully saturated rings. The second-order valence-corrected chi connectivity index (χ2v) is 4.46. The van der Waals surface area contributed by atoms with E-state index in [1.165, 1.54) is 0 Å². The fourth-order valence-corrected chi connectivity index (χ4v) is 2.49. The number of benzene rings is 2. The Hall–Kier alpha value is -2.29. The van der Waals surface area contributed by atoms with Crippen LogP contribution in [0.3, 0.4) is 0 Å². The third-order valence-electron chi connectivity index (χ3n) is 3.31. The molecule has 1 amide bonds. The van der Waals surface area contributed by atoms with Crippen molar-refractivity contribution in [2.45, 2.75) is 12.8 Å². The van der Waals surface area contributed by atoms with Crippen LogP contribution in [-0.2, 0) is 4.79 Å². The van der Waals surface area contributed by atoms with E-state index in [-0.39, 0.29) is 5.91 Å². The maximum Gasteiger partial charge on any atom is 0.229 e. The van der Waals surface area contributed by atoms with Crippen LogP contribution in [0.25, 0.3) is 0 Å². The van der Waals surface area contributed by atoms with Gasteiger partial charge >= 0.3 is 0 Å². The van der Waals surface area contributed by atoms with E-state index >= 15 is 0 Å². The molecule has 0 spiro atoms. The molecule has 0 radical (unpaired) electrons. The summed E-state index contributed by atoms with van der Waals surface area (Å²) >= 11 is 0. The summed E-state index contributed by atoms with van der Waals surface area (Å²) in [6.07, 6.45) is 0. The molecule has 1 heterocycles. The predicted octanol–water partition coefficient (Wildman–Crippen LogP) is 2.72. The van der Waals surface area contributed by atoms with Crippen molar-refractivity contribution in [2.24, 2.45) is 5.73 Å². The third kappa shape index (κ3) is 1.48. The van der Waals surface area contributed by atoms with Crippen molar-refractivity contribution < 1.29 is 9.53 Å². The summed E-state index contributed by atoms with van der Waals surface area (Å²) in [5, 5.41) is 0. The van der Waals surface area contributed by atoms with Crippen LogP contribution in [0, 0.1) is 6.92 Å². The lowest BCUT2D eigenvalue weighted by Gasteiger charge is -2.27. The van der Waals surface area contributed by atoms with Crippen LogP contribution in [0.4, 0.5) is 0 Å². The molecule has 18 heavy (non-hydrogen) atoms. The Bertz CT molecular complexity index is 634. The van der Waals surface area contributed by atoms with Gasteiger partial charge in [-0.25, -0.2) is 0 Å². The van der Waals surface area contributed by atoms with E-state index in [0.29, 0.717) is 5.75 Å². The topological polar surface area (TPSA) is 52.3 Å². The Kier molecular flexibility index (Phi) is 2.33. The van der Waals surface area contributed by atoms with Crippen molar-refractivity contribution in [2.75, 3.05) is 0 Å². The van der Waals surface area contributed by atoms with Gasteiger partial charge in [0.25, 0.3) is 0 Å². The minimum Gasteiger partial charge on any atom is -0.457 e. The van der Waals surface area contributed by atoms with Gasteiger partial charge in [-0.1, -0.05) is 30.3 Å². The van der Waals surface area contributed by atoms with Gasteiger partial charge in [-0.05, 0) is 24.6 Å². The number of nitrogens with two attached hydrogens (primary N) is 1. The maximum atomic E-state index is 11.8. The summed E-state index contributed by atoms with van der Waals surface area (Å²) in [6.45, 7) is 1.96. The van der Waals surface area contributed by atoms with Crippen molar-refractivity contribution in [1.82, 2.24) is 0 Å². The molecule has 1 aliphatic rings. The minimum absolute atomic E-state index is 0.346. The number of ether oxygens (including phenoxy) is 1. The Balaban J connectivity index is 2.28. The summed E-state index contributed by atoms with van der Waals surface area (Å²) in [5.74, 6) is 0.657. The Morgan fingerprint density at radius 1 is 1.11 bits per heavy atom. The second kappa shape index (κ2) is 3.88. The Morgan fingerprint density at radius 2 is 1.83 bits per heavy atom. The van der Waals surface area contributed by atoms with Gasteiger partial charge in [-0.15, -0.1) is 0 Å². The Labute approximate surface area is 105 Å². The highest BCUT2D eigenvalue weighted by molar-refractivity contribution is 5.88. The first-order chi connectivity index (χ1) is 8.68. The molecule has 3 heteroatoms. The molecule has 0 aromatic heterocycles. The lowest BCUT2D eigenvalue weighted by Crippen LogP contribution is -2.26. The number of aryl methyl sites for hydroxylation is 1. The normalized spacial score (nSPS) is 16.4. The summed E-state index contributed by atoms with van der Waals surface area (Å²) in [5.41, 5.74) is 8.31. The largest absolute Gasteiger partial charge is 0.457 e. The molecule has 0 aliphatic carbocycles. The first-order valence-corrected chi connectivity index (χ1v) is 5.84. The SMILES string of the molecule is Cc1cccc2c1C(C(N)=O)c1ccccc1O2. The van der Waals surface area contributed by atoms with Gasteiger partial charge in [0.05, 0.1) is 5.92 Å². The molecule has 0 saturated carbocycles. The Morgan fingerprint density at radius 3 is 2.61 bits per heavy atom. The van der Waals surface area contributed by atoms with Crippen molar-refractivity contribution in [3.05, 3.63) is 59.2 Å². The van der Waals surface area contributed by atoms with Gasteiger partial charge in [-0.3, -0.25) is 4.79 Å². The number of primary amides is 1. The zero-order valence-electron chi connectivity index (χ0n) is 10.0. The van der Waals surface area contributed by atoms with Crippen LogP contribution in [0.1, 0.15) is 22.6 Å². The first kappa shape index (κ1) is 10.8. The van der Waals surface area contributed by atoms with E-state index < -0.39 is 5.92 Å². The molecular formula is C15H13NO2. The summed E-state index contributed by atoms with van der Waals surface area (Å²) in [7, 11) is 0. The smallest absolute Gasteiger partial charge is 0.229 e. The van der Waals surface area contributed by atoms with Crippen molar-refractivity contribution in [3.8, 4) is 11.5 Å². The molecule has 2 aromatic rings. The monoisotopic (exact) mass is 239 g/mol. The van der Waals surface area contributed by atoms with Crippen LogP contribution >= 0.6 is 0 Å². The lowest BCUT2D eigenvalue weighted by atomic mass is 9.85. The van der Waals surface area contributed by atoms with E-state index in [2.05, 4.69) is 0 Å². The number of amides is 1. The van der Waals surface area contributed by atoms with E-state index in [0.717, 1.165) is 22.4 Å². The van der Waals surface area contributed by atoms with Crippen molar-refractivity contribution in [1.29, 1.82) is 0 Å². The van der Waals surface area contributed by atoms with E-state index in [9.17, 15) is 4.79 Å². The highest BCUT2D eigenvalue weighted by Gasteiger charge is 2.32. The second-order valence-electron chi connectivity index (χ2n) is 4.46. The van der Waals surface area contributed by atoms with Crippen molar-refractivity contribution >= 4 is 5.91 Å². The minimum atomic E-state index is -0.425. The van der Waals surface area contributed by atoms with E-state index in [1.54, 1.807) is 0 Å². The van der Waals surface area contributed by atoms with Crippen LogP contribution < -0.4 is 10.5 Å². The van der Waals surface area contributed by atoms with Crippen LogP contribution in [-0.4, -0.2) is 5.91 Å². The first-order valence-electron chi connectivity index (χ1n) is 5.84.